The Balaban J connectivity index is 3.14. The molecule has 0 aromatic rings. The van der Waals surface area contributed by atoms with Crippen molar-refractivity contribution in [2.24, 2.45) is 11.3 Å². The van der Waals surface area contributed by atoms with E-state index in [9.17, 15) is 14.4 Å². The quantitative estimate of drug-likeness (QED) is 0.596. The van der Waals surface area contributed by atoms with Gasteiger partial charge in [-0.1, -0.05) is 6.42 Å². The summed E-state index contributed by atoms with van der Waals surface area (Å²) in [5, 5.41) is 7.12. The summed E-state index contributed by atoms with van der Waals surface area (Å²) in [5.74, 6) is -2.36. The van der Waals surface area contributed by atoms with Crippen LogP contribution in [0.1, 0.15) is 19.3 Å². The largest absolute Gasteiger partial charge is 0.480 e. The third kappa shape index (κ3) is 1.53. The molecule has 0 bridgehead atoms. The average Bonchev–Trinajstić information content (AvgIpc) is 2.47. The first-order valence-electron chi connectivity index (χ1n) is 4.05. The highest BCUT2D eigenvalue weighted by Gasteiger charge is 2.57. The Bertz CT molecular complexity index is 286. The molecule has 0 aromatic heterocycles. The van der Waals surface area contributed by atoms with Crippen LogP contribution in [0.4, 0.5) is 0 Å². The monoisotopic (exact) mass is 238 g/mol. The Hall–Kier alpha value is -0.610. The second kappa shape index (κ2) is 3.87. The molecule has 2 unspecified atom stereocenters. The number of carbonyl (C=O) groups excluding carboxylic acids is 2. The lowest BCUT2D eigenvalue weighted by Gasteiger charge is -2.24. The van der Waals surface area contributed by atoms with E-state index < -0.39 is 27.8 Å². The smallest absolute Gasteiger partial charge is 0.319 e. The minimum absolute atomic E-state index is 0.0772. The van der Waals surface area contributed by atoms with E-state index >= 15 is 0 Å². The molecule has 1 aliphatic carbocycles. The fourth-order valence-electron chi connectivity index (χ4n) is 1.89. The van der Waals surface area contributed by atoms with Gasteiger partial charge in [0, 0.05) is 0 Å². The number of aliphatic carboxylic acids is 1. The molecule has 0 amide bonds. The predicted octanol–water partition coefficient (Wildman–Crippen LogP) is 1.39. The van der Waals surface area contributed by atoms with Crippen LogP contribution in [0.25, 0.3) is 0 Å². The van der Waals surface area contributed by atoms with E-state index in [1.54, 1.807) is 0 Å². The zero-order valence-corrected chi connectivity index (χ0v) is 8.64. The number of carbonyl (C=O) groups is 3. The number of carboxylic acid groups (broad SMARTS) is 1. The van der Waals surface area contributed by atoms with Gasteiger partial charge in [0.2, 0.25) is 10.5 Å². The second-order valence-electron chi connectivity index (χ2n) is 3.30. The van der Waals surface area contributed by atoms with Crippen molar-refractivity contribution in [3.05, 3.63) is 0 Å². The van der Waals surface area contributed by atoms with E-state index in [-0.39, 0.29) is 6.42 Å². The maximum absolute atomic E-state index is 11.1. The first-order valence-corrected chi connectivity index (χ1v) is 4.81. The molecule has 0 aromatic carbocycles. The van der Waals surface area contributed by atoms with Crippen LogP contribution in [0, 0.1) is 11.3 Å². The van der Waals surface area contributed by atoms with Crippen LogP contribution in [-0.4, -0.2) is 21.6 Å². The summed E-state index contributed by atoms with van der Waals surface area (Å²) in [6.45, 7) is 0. The molecule has 1 N–H and O–H groups in total. The highest BCUT2D eigenvalue weighted by atomic mass is 35.5. The van der Waals surface area contributed by atoms with E-state index in [4.69, 9.17) is 28.3 Å². The van der Waals surface area contributed by atoms with Crippen molar-refractivity contribution in [3.63, 3.8) is 0 Å². The molecular weight excluding hydrogens is 231 g/mol. The SMILES string of the molecule is O=C(Cl)C1CCCC1(C(=O)O)C(=O)Cl. The molecule has 0 radical (unpaired) electrons. The van der Waals surface area contributed by atoms with E-state index in [1.807, 2.05) is 0 Å². The molecule has 0 aliphatic heterocycles. The third-order valence-electron chi connectivity index (χ3n) is 2.67. The van der Waals surface area contributed by atoms with Gasteiger partial charge in [0.1, 0.15) is 0 Å². The lowest BCUT2D eigenvalue weighted by atomic mass is 9.79. The summed E-state index contributed by atoms with van der Waals surface area (Å²) < 4.78 is 0. The van der Waals surface area contributed by atoms with Crippen molar-refractivity contribution in [3.8, 4) is 0 Å². The maximum Gasteiger partial charge on any atom is 0.319 e. The summed E-state index contributed by atoms with van der Waals surface area (Å²) in [4.78, 5) is 33.0. The van der Waals surface area contributed by atoms with Gasteiger partial charge in [-0.3, -0.25) is 14.4 Å². The lowest BCUT2D eigenvalue weighted by molar-refractivity contribution is -0.156. The Morgan fingerprint density at radius 3 is 2.14 bits per heavy atom. The van der Waals surface area contributed by atoms with E-state index in [0.29, 0.717) is 12.8 Å². The standard InChI is InChI=1S/C8H8Cl2O4/c9-5(11)4-2-1-3-8(4,6(10)12)7(13)14/h4H,1-3H2,(H,13,14). The molecule has 6 heteroatoms. The van der Waals surface area contributed by atoms with Gasteiger partial charge in [0.05, 0.1) is 5.92 Å². The number of hydrogen-bond acceptors (Lipinski definition) is 3. The van der Waals surface area contributed by atoms with Gasteiger partial charge in [-0.05, 0) is 36.0 Å². The van der Waals surface area contributed by atoms with Gasteiger partial charge < -0.3 is 5.11 Å². The van der Waals surface area contributed by atoms with Crippen LogP contribution in [0.2, 0.25) is 0 Å². The molecule has 0 saturated heterocycles. The molecule has 78 valence electrons. The second-order valence-corrected chi connectivity index (χ2v) is 4.01. The molecule has 1 aliphatic rings. The summed E-state index contributed by atoms with van der Waals surface area (Å²) in [6, 6.07) is 0. The minimum Gasteiger partial charge on any atom is -0.480 e. The number of hydrogen-bond donors (Lipinski definition) is 1. The highest BCUT2D eigenvalue weighted by molar-refractivity contribution is 6.68. The van der Waals surface area contributed by atoms with Crippen molar-refractivity contribution in [1.29, 1.82) is 0 Å². The molecular formula is C8H8Cl2O4. The maximum atomic E-state index is 11.1. The van der Waals surface area contributed by atoms with Crippen LogP contribution < -0.4 is 0 Å². The Morgan fingerprint density at radius 1 is 1.29 bits per heavy atom. The fraction of sp³-hybridized carbons (Fsp3) is 0.625. The Morgan fingerprint density at radius 2 is 1.86 bits per heavy atom. The highest BCUT2D eigenvalue weighted by Crippen LogP contribution is 2.46. The molecule has 1 rings (SSSR count). The van der Waals surface area contributed by atoms with E-state index in [2.05, 4.69) is 0 Å². The first-order chi connectivity index (χ1) is 6.43. The molecule has 4 nitrogen and oxygen atoms in total. The lowest BCUT2D eigenvalue weighted by Crippen LogP contribution is -2.42. The minimum atomic E-state index is -1.81. The zero-order valence-electron chi connectivity index (χ0n) is 7.13. The van der Waals surface area contributed by atoms with Crippen molar-refractivity contribution < 1.29 is 19.5 Å². The Labute approximate surface area is 90.2 Å². The molecule has 2 atom stereocenters. The van der Waals surface area contributed by atoms with Crippen molar-refractivity contribution in [2.75, 3.05) is 0 Å². The van der Waals surface area contributed by atoms with Crippen LogP contribution in [-0.2, 0) is 14.4 Å². The van der Waals surface area contributed by atoms with Crippen molar-refractivity contribution in [1.82, 2.24) is 0 Å². The normalized spacial score (nSPS) is 31.4. The van der Waals surface area contributed by atoms with E-state index in [1.165, 1.54) is 0 Å². The van der Waals surface area contributed by atoms with Gasteiger partial charge in [0.25, 0.3) is 0 Å². The number of carboxylic acids is 1. The molecule has 1 saturated carbocycles. The third-order valence-corrected chi connectivity index (χ3v) is 3.27. The zero-order chi connectivity index (χ0) is 10.9. The first kappa shape index (κ1) is 11.5. The van der Waals surface area contributed by atoms with Gasteiger partial charge in [0.15, 0.2) is 5.41 Å². The van der Waals surface area contributed by atoms with Crippen LogP contribution in [0.15, 0.2) is 0 Å². The molecule has 14 heavy (non-hydrogen) atoms. The molecule has 0 spiro atoms. The molecule has 0 heterocycles. The predicted molar refractivity (Wildman–Crippen MR) is 49.1 cm³/mol. The van der Waals surface area contributed by atoms with Crippen molar-refractivity contribution in [2.45, 2.75) is 19.3 Å². The van der Waals surface area contributed by atoms with Crippen molar-refractivity contribution >= 4 is 39.7 Å². The van der Waals surface area contributed by atoms with Crippen LogP contribution in [0.5, 0.6) is 0 Å². The van der Waals surface area contributed by atoms with Gasteiger partial charge >= 0.3 is 5.97 Å². The van der Waals surface area contributed by atoms with Gasteiger partial charge in [-0.25, -0.2) is 0 Å². The summed E-state index contributed by atoms with van der Waals surface area (Å²) >= 11 is 10.5. The summed E-state index contributed by atoms with van der Waals surface area (Å²) in [5.41, 5.74) is -1.81. The van der Waals surface area contributed by atoms with Gasteiger partial charge in [-0.15, -0.1) is 0 Å². The summed E-state index contributed by atoms with van der Waals surface area (Å²) in [6.07, 6.45) is 0.842. The van der Waals surface area contributed by atoms with Gasteiger partial charge in [-0.2, -0.15) is 0 Å². The molecule has 1 fully saturated rings. The van der Waals surface area contributed by atoms with E-state index in [0.717, 1.165) is 0 Å². The van der Waals surface area contributed by atoms with Crippen LogP contribution >= 0.6 is 23.2 Å². The number of rotatable bonds is 3. The summed E-state index contributed by atoms with van der Waals surface area (Å²) in [7, 11) is 0. The average molecular weight is 239 g/mol. The topological polar surface area (TPSA) is 71.4 Å². The fourth-order valence-corrected chi connectivity index (χ4v) is 2.49. The number of halogens is 2. The van der Waals surface area contributed by atoms with Crippen LogP contribution in [0.3, 0.4) is 0 Å². The Kier molecular flexibility index (Phi) is 3.17.